The van der Waals surface area contributed by atoms with E-state index >= 15 is 0 Å². The van der Waals surface area contributed by atoms with Crippen LogP contribution in [0.1, 0.15) is 36.1 Å². The van der Waals surface area contributed by atoms with E-state index in [-0.39, 0.29) is 23.9 Å². The van der Waals surface area contributed by atoms with Crippen molar-refractivity contribution in [1.82, 2.24) is 5.32 Å². The van der Waals surface area contributed by atoms with Crippen LogP contribution in [0.2, 0.25) is 0 Å². The minimum absolute atomic E-state index is 0.0000387. The van der Waals surface area contributed by atoms with Crippen LogP contribution in [-0.4, -0.2) is 29.3 Å². The van der Waals surface area contributed by atoms with Gasteiger partial charge < -0.3 is 14.8 Å². The van der Waals surface area contributed by atoms with Gasteiger partial charge in [-0.15, -0.1) is 0 Å². The van der Waals surface area contributed by atoms with Crippen molar-refractivity contribution in [3.63, 3.8) is 0 Å². The molecule has 0 saturated heterocycles. The molecule has 5 nitrogen and oxygen atoms in total. The zero-order valence-corrected chi connectivity index (χ0v) is 12.3. The zero-order valence-electron chi connectivity index (χ0n) is 11.5. The van der Waals surface area contributed by atoms with Crippen molar-refractivity contribution < 1.29 is 27.9 Å². The van der Waals surface area contributed by atoms with Gasteiger partial charge in [-0.05, 0) is 24.5 Å². The Hall–Kier alpha value is -1.57. The number of carbonyl (C=O) groups is 2. The molecule has 21 heavy (non-hydrogen) atoms. The molecule has 1 unspecified atom stereocenters. The third-order valence-electron chi connectivity index (χ3n) is 2.70. The molecule has 0 aliphatic rings. The number of rotatable bonds is 9. The quantitative estimate of drug-likeness (QED) is 0.731. The van der Waals surface area contributed by atoms with Gasteiger partial charge in [0.2, 0.25) is 0 Å². The second-order valence-electron chi connectivity index (χ2n) is 4.59. The van der Waals surface area contributed by atoms with Crippen LogP contribution in [0.25, 0.3) is 0 Å². The Morgan fingerprint density at radius 1 is 1.43 bits per heavy atom. The Balaban J connectivity index is 2.36. The van der Waals surface area contributed by atoms with Crippen molar-refractivity contribution in [3.8, 4) is 0 Å². The summed E-state index contributed by atoms with van der Waals surface area (Å²) in [4.78, 5) is 22.2. The molecule has 0 fully saturated rings. The number of furan rings is 1. The average molecular weight is 321 g/mol. The Kier molecular flexibility index (Phi) is 7.21. The standard InChI is InChI=1S/C13H17F2NO4S/c1-8(2-5-11(17)18)6-16-12(19)10-4-3-9(20-10)7-21-13(14)15/h3-4,8,13H,2,5-7H2,1H3,(H,16,19)(H,17,18). The predicted octanol–water partition coefficient (Wildman–Crippen LogP) is 2.97. The fourth-order valence-corrected chi connectivity index (χ4v) is 1.99. The van der Waals surface area contributed by atoms with Crippen molar-refractivity contribution in [3.05, 3.63) is 23.7 Å². The smallest absolute Gasteiger partial charge is 0.303 e. The highest BCUT2D eigenvalue weighted by atomic mass is 32.2. The number of hydrogen-bond acceptors (Lipinski definition) is 4. The van der Waals surface area contributed by atoms with Crippen LogP contribution in [0.15, 0.2) is 16.5 Å². The largest absolute Gasteiger partial charge is 0.481 e. The van der Waals surface area contributed by atoms with E-state index in [1.54, 1.807) is 0 Å². The third kappa shape index (κ3) is 7.12. The summed E-state index contributed by atoms with van der Waals surface area (Å²) in [6.45, 7) is 2.16. The molecule has 0 bridgehead atoms. The van der Waals surface area contributed by atoms with E-state index in [9.17, 15) is 18.4 Å². The number of hydrogen-bond donors (Lipinski definition) is 2. The molecular weight excluding hydrogens is 304 g/mol. The topological polar surface area (TPSA) is 79.5 Å². The molecule has 1 aromatic heterocycles. The minimum atomic E-state index is -2.48. The number of carbonyl (C=O) groups excluding carboxylic acids is 1. The predicted molar refractivity (Wildman–Crippen MR) is 74.4 cm³/mol. The third-order valence-corrected chi connectivity index (χ3v) is 3.40. The summed E-state index contributed by atoms with van der Waals surface area (Å²) in [5, 5.41) is 11.2. The molecule has 118 valence electrons. The number of halogens is 2. The van der Waals surface area contributed by atoms with Gasteiger partial charge in [0.15, 0.2) is 5.76 Å². The van der Waals surface area contributed by atoms with E-state index in [4.69, 9.17) is 9.52 Å². The van der Waals surface area contributed by atoms with Crippen molar-refractivity contribution in [1.29, 1.82) is 0 Å². The SMILES string of the molecule is CC(CCC(=O)O)CNC(=O)c1ccc(CSC(F)F)o1. The van der Waals surface area contributed by atoms with Gasteiger partial charge in [-0.3, -0.25) is 9.59 Å². The van der Waals surface area contributed by atoms with Gasteiger partial charge in [-0.1, -0.05) is 18.7 Å². The van der Waals surface area contributed by atoms with Crippen molar-refractivity contribution in [2.45, 2.75) is 31.3 Å². The second-order valence-corrected chi connectivity index (χ2v) is 5.56. The van der Waals surface area contributed by atoms with E-state index in [0.717, 1.165) is 0 Å². The van der Waals surface area contributed by atoms with E-state index in [1.807, 2.05) is 6.92 Å². The van der Waals surface area contributed by atoms with E-state index in [2.05, 4.69) is 5.32 Å². The van der Waals surface area contributed by atoms with Gasteiger partial charge in [0.1, 0.15) is 5.76 Å². The molecule has 1 amide bonds. The molecule has 1 atom stereocenters. The maximum Gasteiger partial charge on any atom is 0.303 e. The lowest BCUT2D eigenvalue weighted by Crippen LogP contribution is -2.28. The summed E-state index contributed by atoms with van der Waals surface area (Å²) in [5.74, 6) is -3.41. The Morgan fingerprint density at radius 2 is 2.14 bits per heavy atom. The first kappa shape index (κ1) is 17.5. The number of carboxylic acid groups (broad SMARTS) is 1. The first-order valence-electron chi connectivity index (χ1n) is 6.37. The van der Waals surface area contributed by atoms with Gasteiger partial charge in [-0.25, -0.2) is 0 Å². The van der Waals surface area contributed by atoms with Crippen LogP contribution < -0.4 is 5.32 Å². The fourth-order valence-electron chi connectivity index (χ4n) is 1.55. The van der Waals surface area contributed by atoms with Crippen LogP contribution in [-0.2, 0) is 10.5 Å². The normalized spacial score (nSPS) is 12.4. The summed E-state index contributed by atoms with van der Waals surface area (Å²) in [6.07, 6.45) is 0.511. The second kappa shape index (κ2) is 8.66. The minimum Gasteiger partial charge on any atom is -0.481 e. The fraction of sp³-hybridized carbons (Fsp3) is 0.538. The number of thioether (sulfide) groups is 1. The Bertz CT molecular complexity index is 478. The van der Waals surface area contributed by atoms with E-state index in [0.29, 0.717) is 30.5 Å². The number of aliphatic carboxylic acids is 1. The Morgan fingerprint density at radius 3 is 2.76 bits per heavy atom. The highest BCUT2D eigenvalue weighted by molar-refractivity contribution is 7.98. The first-order valence-corrected chi connectivity index (χ1v) is 7.41. The lowest BCUT2D eigenvalue weighted by molar-refractivity contribution is -0.137. The summed E-state index contributed by atoms with van der Waals surface area (Å²) in [6, 6.07) is 2.91. The summed E-state index contributed by atoms with van der Waals surface area (Å²) in [5.41, 5.74) is 0. The molecule has 1 rings (SSSR count). The van der Waals surface area contributed by atoms with Crippen LogP contribution in [0.5, 0.6) is 0 Å². The molecule has 8 heteroatoms. The molecule has 0 radical (unpaired) electrons. The maximum absolute atomic E-state index is 12.0. The summed E-state index contributed by atoms with van der Waals surface area (Å²) < 4.78 is 29.2. The highest BCUT2D eigenvalue weighted by Crippen LogP contribution is 2.21. The van der Waals surface area contributed by atoms with Crippen molar-refractivity contribution in [2.75, 3.05) is 6.54 Å². The zero-order chi connectivity index (χ0) is 15.8. The molecule has 0 aromatic carbocycles. The number of amides is 1. The molecule has 1 aromatic rings. The average Bonchev–Trinajstić information content (AvgIpc) is 2.89. The molecular formula is C13H17F2NO4S. The van der Waals surface area contributed by atoms with Gasteiger partial charge in [0, 0.05) is 13.0 Å². The lowest BCUT2D eigenvalue weighted by Gasteiger charge is -2.10. The molecule has 2 N–H and O–H groups in total. The lowest BCUT2D eigenvalue weighted by atomic mass is 10.1. The number of carboxylic acids is 1. The van der Waals surface area contributed by atoms with Crippen molar-refractivity contribution in [2.24, 2.45) is 5.92 Å². The highest BCUT2D eigenvalue weighted by Gasteiger charge is 2.14. The van der Waals surface area contributed by atoms with Gasteiger partial charge in [0.05, 0.1) is 5.75 Å². The molecule has 0 aliphatic carbocycles. The van der Waals surface area contributed by atoms with Crippen LogP contribution in [0.3, 0.4) is 0 Å². The van der Waals surface area contributed by atoms with Crippen LogP contribution in [0.4, 0.5) is 8.78 Å². The molecule has 1 heterocycles. The monoisotopic (exact) mass is 321 g/mol. The van der Waals surface area contributed by atoms with Gasteiger partial charge >= 0.3 is 5.97 Å². The van der Waals surface area contributed by atoms with Gasteiger partial charge in [-0.2, -0.15) is 8.78 Å². The molecule has 0 saturated carbocycles. The summed E-state index contributed by atoms with van der Waals surface area (Å²) in [7, 11) is 0. The number of alkyl halides is 2. The first-order chi connectivity index (χ1) is 9.88. The van der Waals surface area contributed by atoms with E-state index in [1.165, 1.54) is 12.1 Å². The Labute approximate surface area is 125 Å². The maximum atomic E-state index is 12.0. The molecule has 0 aliphatic heterocycles. The van der Waals surface area contributed by atoms with Gasteiger partial charge in [0.25, 0.3) is 11.7 Å². The van der Waals surface area contributed by atoms with E-state index < -0.39 is 17.6 Å². The van der Waals surface area contributed by atoms with Crippen LogP contribution >= 0.6 is 11.8 Å². The number of nitrogens with one attached hydrogen (secondary N) is 1. The molecule has 0 spiro atoms. The van der Waals surface area contributed by atoms with Crippen LogP contribution in [0, 0.1) is 5.92 Å². The van der Waals surface area contributed by atoms with Crippen molar-refractivity contribution >= 4 is 23.6 Å². The summed E-state index contributed by atoms with van der Waals surface area (Å²) >= 11 is 0.423.